The normalized spacial score (nSPS) is 13.2. The van der Waals surface area contributed by atoms with Crippen LogP contribution in [-0.2, 0) is 13.6 Å². The highest BCUT2D eigenvalue weighted by Gasteiger charge is 2.07. The van der Waals surface area contributed by atoms with Crippen LogP contribution < -0.4 is 11.0 Å². The van der Waals surface area contributed by atoms with Crippen LogP contribution in [-0.4, -0.2) is 27.4 Å². The standard InChI is InChI=1S/C8H16N4O/c1-4-7(9-2)5-12-8(13)11(3)6-10-12/h6-7,9H,4-5H2,1-3H3. The second-order valence-electron chi connectivity index (χ2n) is 3.10. The van der Waals surface area contributed by atoms with Crippen LogP contribution in [0.3, 0.4) is 0 Å². The summed E-state index contributed by atoms with van der Waals surface area (Å²) in [6.45, 7) is 2.71. The molecule has 1 rings (SSSR count). The van der Waals surface area contributed by atoms with Crippen LogP contribution in [0.5, 0.6) is 0 Å². The van der Waals surface area contributed by atoms with Crippen LogP contribution in [0, 0.1) is 0 Å². The molecule has 0 radical (unpaired) electrons. The minimum atomic E-state index is -0.0614. The molecule has 0 spiro atoms. The van der Waals surface area contributed by atoms with Crippen molar-refractivity contribution >= 4 is 0 Å². The molecule has 0 aliphatic carbocycles. The van der Waals surface area contributed by atoms with Crippen molar-refractivity contribution in [3.63, 3.8) is 0 Å². The first kappa shape index (κ1) is 9.98. The Morgan fingerprint density at radius 1 is 1.69 bits per heavy atom. The van der Waals surface area contributed by atoms with Gasteiger partial charge in [0.25, 0.3) is 0 Å². The van der Waals surface area contributed by atoms with E-state index in [9.17, 15) is 4.79 Å². The molecule has 5 nitrogen and oxygen atoms in total. The molecule has 0 aromatic carbocycles. The maximum absolute atomic E-state index is 11.4. The van der Waals surface area contributed by atoms with Crippen molar-refractivity contribution in [1.82, 2.24) is 19.7 Å². The van der Waals surface area contributed by atoms with Crippen molar-refractivity contribution < 1.29 is 0 Å². The van der Waals surface area contributed by atoms with E-state index in [4.69, 9.17) is 0 Å². The maximum atomic E-state index is 11.4. The number of likely N-dealkylation sites (N-methyl/N-ethyl adjacent to an activating group) is 1. The van der Waals surface area contributed by atoms with Crippen molar-refractivity contribution in [1.29, 1.82) is 0 Å². The molecule has 1 heterocycles. The first-order chi connectivity index (χ1) is 6.19. The van der Waals surface area contributed by atoms with E-state index in [1.807, 2.05) is 7.05 Å². The Bertz CT molecular complexity index is 310. The Labute approximate surface area is 77.4 Å². The quantitative estimate of drug-likeness (QED) is 0.691. The van der Waals surface area contributed by atoms with Gasteiger partial charge in [-0.25, -0.2) is 9.48 Å². The molecule has 74 valence electrons. The molecule has 1 aromatic rings. The Hall–Kier alpha value is -1.10. The van der Waals surface area contributed by atoms with E-state index >= 15 is 0 Å². The van der Waals surface area contributed by atoms with Gasteiger partial charge in [0.2, 0.25) is 0 Å². The molecule has 0 amide bonds. The van der Waals surface area contributed by atoms with E-state index in [2.05, 4.69) is 17.3 Å². The number of hydrogen-bond acceptors (Lipinski definition) is 3. The molecule has 1 N–H and O–H groups in total. The van der Waals surface area contributed by atoms with Gasteiger partial charge in [0.1, 0.15) is 6.33 Å². The topological polar surface area (TPSA) is 51.9 Å². The second kappa shape index (κ2) is 4.23. The molecule has 0 aliphatic rings. The lowest BCUT2D eigenvalue weighted by Gasteiger charge is -2.12. The lowest BCUT2D eigenvalue weighted by Crippen LogP contribution is -2.34. The summed E-state index contributed by atoms with van der Waals surface area (Å²) in [7, 11) is 3.59. The highest BCUT2D eigenvalue weighted by atomic mass is 16.2. The average Bonchev–Trinajstić information content (AvgIpc) is 2.45. The van der Waals surface area contributed by atoms with E-state index in [0.29, 0.717) is 12.6 Å². The zero-order valence-electron chi connectivity index (χ0n) is 8.32. The van der Waals surface area contributed by atoms with Gasteiger partial charge in [0.15, 0.2) is 0 Å². The summed E-state index contributed by atoms with van der Waals surface area (Å²) in [5.74, 6) is 0. The Kier molecular flexibility index (Phi) is 3.25. The third kappa shape index (κ3) is 2.18. The predicted molar refractivity (Wildman–Crippen MR) is 50.6 cm³/mol. The summed E-state index contributed by atoms with van der Waals surface area (Å²) in [6, 6.07) is 0.313. The van der Waals surface area contributed by atoms with Gasteiger partial charge in [0, 0.05) is 13.1 Å². The lowest BCUT2D eigenvalue weighted by atomic mass is 10.2. The molecule has 1 aromatic heterocycles. The number of nitrogens with one attached hydrogen (secondary N) is 1. The highest BCUT2D eigenvalue weighted by molar-refractivity contribution is 4.69. The number of rotatable bonds is 4. The molecule has 1 atom stereocenters. The first-order valence-electron chi connectivity index (χ1n) is 4.44. The number of nitrogens with zero attached hydrogens (tertiary/aromatic N) is 3. The first-order valence-corrected chi connectivity index (χ1v) is 4.44. The molecule has 0 saturated carbocycles. The molecule has 0 aliphatic heterocycles. The molecular formula is C8H16N4O. The van der Waals surface area contributed by atoms with Crippen molar-refractivity contribution in [3.05, 3.63) is 16.8 Å². The highest BCUT2D eigenvalue weighted by Crippen LogP contribution is 1.91. The van der Waals surface area contributed by atoms with Crippen LogP contribution in [0.4, 0.5) is 0 Å². The number of aromatic nitrogens is 3. The second-order valence-corrected chi connectivity index (χ2v) is 3.10. The summed E-state index contributed by atoms with van der Waals surface area (Å²) in [5.41, 5.74) is -0.0614. The predicted octanol–water partition coefficient (Wildman–Crippen LogP) is -0.420. The van der Waals surface area contributed by atoms with E-state index in [-0.39, 0.29) is 5.69 Å². The molecule has 0 fully saturated rings. The van der Waals surface area contributed by atoms with E-state index in [1.165, 1.54) is 15.6 Å². The van der Waals surface area contributed by atoms with Gasteiger partial charge in [-0.05, 0) is 13.5 Å². The van der Waals surface area contributed by atoms with Crippen LogP contribution in [0.2, 0.25) is 0 Å². The van der Waals surface area contributed by atoms with Crippen LogP contribution in [0.1, 0.15) is 13.3 Å². The summed E-state index contributed by atoms with van der Waals surface area (Å²) < 4.78 is 2.95. The van der Waals surface area contributed by atoms with Gasteiger partial charge in [-0.15, -0.1) is 0 Å². The molecule has 0 saturated heterocycles. The van der Waals surface area contributed by atoms with E-state index in [1.54, 1.807) is 7.05 Å². The third-order valence-corrected chi connectivity index (χ3v) is 2.18. The fraction of sp³-hybridized carbons (Fsp3) is 0.750. The van der Waals surface area contributed by atoms with Crippen LogP contribution in [0.25, 0.3) is 0 Å². The zero-order valence-corrected chi connectivity index (χ0v) is 8.32. The Morgan fingerprint density at radius 3 is 2.77 bits per heavy atom. The van der Waals surface area contributed by atoms with Crippen molar-refractivity contribution in [2.45, 2.75) is 25.9 Å². The molecule has 13 heavy (non-hydrogen) atoms. The molecule has 1 unspecified atom stereocenters. The summed E-state index contributed by atoms with van der Waals surface area (Å²) in [5, 5.41) is 7.11. The monoisotopic (exact) mass is 184 g/mol. The smallest absolute Gasteiger partial charge is 0.315 e. The SMILES string of the molecule is CCC(Cn1ncn(C)c1=O)NC. The summed E-state index contributed by atoms with van der Waals surface area (Å²) >= 11 is 0. The van der Waals surface area contributed by atoms with E-state index < -0.39 is 0 Å². The van der Waals surface area contributed by atoms with Gasteiger partial charge in [-0.2, -0.15) is 5.10 Å². The molecule has 0 bridgehead atoms. The van der Waals surface area contributed by atoms with E-state index in [0.717, 1.165) is 6.42 Å². The number of aryl methyl sites for hydroxylation is 1. The Balaban J connectivity index is 2.73. The van der Waals surface area contributed by atoms with Crippen LogP contribution >= 0.6 is 0 Å². The van der Waals surface area contributed by atoms with Crippen molar-refractivity contribution in [2.75, 3.05) is 7.05 Å². The van der Waals surface area contributed by atoms with Gasteiger partial charge in [-0.1, -0.05) is 6.92 Å². The van der Waals surface area contributed by atoms with Gasteiger partial charge < -0.3 is 5.32 Å². The van der Waals surface area contributed by atoms with Gasteiger partial charge >= 0.3 is 5.69 Å². The third-order valence-electron chi connectivity index (χ3n) is 2.18. The summed E-state index contributed by atoms with van der Waals surface area (Å²) in [4.78, 5) is 11.4. The van der Waals surface area contributed by atoms with Gasteiger partial charge in [0.05, 0.1) is 6.54 Å². The van der Waals surface area contributed by atoms with Crippen molar-refractivity contribution in [2.24, 2.45) is 7.05 Å². The average molecular weight is 184 g/mol. The lowest BCUT2D eigenvalue weighted by molar-refractivity contribution is 0.432. The maximum Gasteiger partial charge on any atom is 0.345 e. The van der Waals surface area contributed by atoms with Gasteiger partial charge in [-0.3, -0.25) is 4.57 Å². The minimum Gasteiger partial charge on any atom is -0.315 e. The Morgan fingerprint density at radius 2 is 2.38 bits per heavy atom. The summed E-state index contributed by atoms with van der Waals surface area (Å²) in [6.07, 6.45) is 2.52. The number of hydrogen-bond donors (Lipinski definition) is 1. The molecular weight excluding hydrogens is 168 g/mol. The molecule has 5 heteroatoms. The zero-order chi connectivity index (χ0) is 9.84. The fourth-order valence-corrected chi connectivity index (χ4v) is 1.18. The largest absolute Gasteiger partial charge is 0.345 e. The van der Waals surface area contributed by atoms with Crippen molar-refractivity contribution in [3.8, 4) is 0 Å². The fourth-order valence-electron chi connectivity index (χ4n) is 1.18. The van der Waals surface area contributed by atoms with Crippen LogP contribution in [0.15, 0.2) is 11.1 Å². The minimum absolute atomic E-state index is 0.0614.